The monoisotopic (exact) mass is 362 g/mol. The van der Waals surface area contributed by atoms with Crippen LogP contribution in [0.1, 0.15) is 16.1 Å². The summed E-state index contributed by atoms with van der Waals surface area (Å²) in [5, 5.41) is 4.39. The molecule has 106 valence electrons. The highest BCUT2D eigenvalue weighted by molar-refractivity contribution is 9.10. The molecule has 21 heavy (non-hydrogen) atoms. The fourth-order valence-corrected chi connectivity index (χ4v) is 2.97. The van der Waals surface area contributed by atoms with Gasteiger partial charge < -0.3 is 10.3 Å². The number of carbonyl (C=O) groups excluding carboxylic acids is 1. The number of anilines is 1. The van der Waals surface area contributed by atoms with Crippen LogP contribution < -0.4 is 5.32 Å². The molecule has 2 N–H and O–H groups in total. The molecule has 5 heteroatoms. The third-order valence-corrected chi connectivity index (χ3v) is 4.19. The summed E-state index contributed by atoms with van der Waals surface area (Å²) in [6.45, 7) is 2.00. The standard InChI is InChI=1S/C16H12BrClN2O/c1-9-5-6-13(11(17)7-9)20-16(21)14-8-10-3-2-4-12(18)15(10)19-14/h2-8,19H,1H3,(H,20,21). The first-order chi connectivity index (χ1) is 10.0. The number of hydrogen-bond acceptors (Lipinski definition) is 1. The van der Waals surface area contributed by atoms with Gasteiger partial charge in [-0.1, -0.05) is 29.8 Å². The van der Waals surface area contributed by atoms with E-state index in [4.69, 9.17) is 11.6 Å². The van der Waals surface area contributed by atoms with Crippen LogP contribution in [0.4, 0.5) is 5.69 Å². The Morgan fingerprint density at radius 2 is 2.05 bits per heavy atom. The van der Waals surface area contributed by atoms with Crippen LogP contribution in [-0.4, -0.2) is 10.9 Å². The van der Waals surface area contributed by atoms with Gasteiger partial charge in [0.1, 0.15) is 5.69 Å². The van der Waals surface area contributed by atoms with E-state index in [9.17, 15) is 4.79 Å². The van der Waals surface area contributed by atoms with E-state index < -0.39 is 0 Å². The van der Waals surface area contributed by atoms with Crippen molar-refractivity contribution in [1.29, 1.82) is 0 Å². The molecule has 3 rings (SSSR count). The average molecular weight is 364 g/mol. The third-order valence-electron chi connectivity index (χ3n) is 3.22. The van der Waals surface area contributed by atoms with Crippen molar-refractivity contribution in [2.45, 2.75) is 6.92 Å². The zero-order valence-corrected chi connectivity index (χ0v) is 13.5. The number of hydrogen-bond donors (Lipinski definition) is 2. The molecule has 3 aromatic rings. The summed E-state index contributed by atoms with van der Waals surface area (Å²) in [5.74, 6) is -0.202. The van der Waals surface area contributed by atoms with Crippen LogP contribution in [0.3, 0.4) is 0 Å². The molecule has 3 nitrogen and oxygen atoms in total. The van der Waals surface area contributed by atoms with Crippen molar-refractivity contribution in [2.24, 2.45) is 0 Å². The maximum absolute atomic E-state index is 12.3. The van der Waals surface area contributed by atoms with Gasteiger partial charge in [0.15, 0.2) is 0 Å². The predicted octanol–water partition coefficient (Wildman–Crippen LogP) is 5.14. The number of benzene rings is 2. The summed E-state index contributed by atoms with van der Waals surface area (Å²) in [6, 6.07) is 13.1. The van der Waals surface area contributed by atoms with Gasteiger partial charge in [-0.2, -0.15) is 0 Å². The van der Waals surface area contributed by atoms with E-state index in [1.807, 2.05) is 37.3 Å². The number of H-pyrrole nitrogens is 1. The van der Waals surface area contributed by atoms with Crippen molar-refractivity contribution in [2.75, 3.05) is 5.32 Å². The molecule has 2 aromatic carbocycles. The van der Waals surface area contributed by atoms with Gasteiger partial charge in [0, 0.05) is 9.86 Å². The second-order valence-corrected chi connectivity index (χ2v) is 6.09. The average Bonchev–Trinajstić information content (AvgIpc) is 2.87. The van der Waals surface area contributed by atoms with Crippen molar-refractivity contribution in [3.8, 4) is 0 Å². The van der Waals surface area contributed by atoms with Crippen molar-refractivity contribution >= 4 is 50.0 Å². The summed E-state index contributed by atoms with van der Waals surface area (Å²) in [5.41, 5.74) is 3.10. The van der Waals surface area contributed by atoms with Crippen LogP contribution >= 0.6 is 27.5 Å². The molecule has 0 fully saturated rings. The second kappa shape index (κ2) is 5.54. The largest absolute Gasteiger partial charge is 0.349 e. The summed E-state index contributed by atoms with van der Waals surface area (Å²) in [7, 11) is 0. The number of para-hydroxylation sites is 1. The fourth-order valence-electron chi connectivity index (χ4n) is 2.15. The number of aryl methyl sites for hydroxylation is 1. The summed E-state index contributed by atoms with van der Waals surface area (Å²) in [6.07, 6.45) is 0. The molecule has 0 aliphatic rings. The van der Waals surface area contributed by atoms with Gasteiger partial charge in [0.05, 0.1) is 16.2 Å². The van der Waals surface area contributed by atoms with Gasteiger partial charge in [0.25, 0.3) is 5.91 Å². The molecule has 0 aliphatic carbocycles. The Kier molecular flexibility index (Phi) is 3.74. The number of amides is 1. The van der Waals surface area contributed by atoms with Crippen LogP contribution in [-0.2, 0) is 0 Å². The molecule has 1 amide bonds. The van der Waals surface area contributed by atoms with E-state index >= 15 is 0 Å². The van der Waals surface area contributed by atoms with E-state index in [1.54, 1.807) is 12.1 Å². The number of fused-ring (bicyclic) bond motifs is 1. The SMILES string of the molecule is Cc1ccc(NC(=O)c2cc3cccc(Cl)c3[nH]2)c(Br)c1. The number of halogens is 2. The van der Waals surface area contributed by atoms with Gasteiger partial charge >= 0.3 is 0 Å². The van der Waals surface area contributed by atoms with Crippen LogP contribution in [0, 0.1) is 6.92 Å². The topological polar surface area (TPSA) is 44.9 Å². The Morgan fingerprint density at radius 3 is 2.76 bits per heavy atom. The molecule has 0 radical (unpaired) electrons. The van der Waals surface area contributed by atoms with Crippen LogP contribution in [0.2, 0.25) is 5.02 Å². The van der Waals surface area contributed by atoms with Crippen LogP contribution in [0.15, 0.2) is 46.9 Å². The zero-order chi connectivity index (χ0) is 15.0. The first-order valence-corrected chi connectivity index (χ1v) is 7.56. The van der Waals surface area contributed by atoms with Crippen molar-refractivity contribution in [1.82, 2.24) is 4.98 Å². The lowest BCUT2D eigenvalue weighted by Gasteiger charge is -2.07. The van der Waals surface area contributed by atoms with E-state index in [1.165, 1.54) is 0 Å². The minimum absolute atomic E-state index is 0.202. The second-order valence-electron chi connectivity index (χ2n) is 4.82. The highest BCUT2D eigenvalue weighted by Crippen LogP contribution is 2.26. The Morgan fingerprint density at radius 1 is 1.24 bits per heavy atom. The zero-order valence-electron chi connectivity index (χ0n) is 11.2. The van der Waals surface area contributed by atoms with Crippen LogP contribution in [0.25, 0.3) is 10.9 Å². The molecule has 0 aliphatic heterocycles. The van der Waals surface area contributed by atoms with Gasteiger partial charge in [-0.05, 0) is 52.7 Å². The lowest BCUT2D eigenvalue weighted by molar-refractivity contribution is 0.102. The quantitative estimate of drug-likeness (QED) is 0.650. The summed E-state index contributed by atoms with van der Waals surface area (Å²) < 4.78 is 0.852. The van der Waals surface area contributed by atoms with Gasteiger partial charge in [0.2, 0.25) is 0 Å². The molecule has 1 aromatic heterocycles. The van der Waals surface area contributed by atoms with E-state index in [-0.39, 0.29) is 5.91 Å². The van der Waals surface area contributed by atoms with Gasteiger partial charge in [-0.3, -0.25) is 4.79 Å². The van der Waals surface area contributed by atoms with Crippen molar-refractivity contribution in [3.63, 3.8) is 0 Å². The van der Waals surface area contributed by atoms with E-state index in [2.05, 4.69) is 26.2 Å². The highest BCUT2D eigenvalue weighted by Gasteiger charge is 2.12. The molecule has 1 heterocycles. The Bertz CT molecular complexity index is 841. The van der Waals surface area contributed by atoms with E-state index in [0.717, 1.165) is 26.6 Å². The number of rotatable bonds is 2. The number of aromatic amines is 1. The molecule has 0 saturated carbocycles. The summed E-state index contributed by atoms with van der Waals surface area (Å²) >= 11 is 9.56. The lowest BCUT2D eigenvalue weighted by atomic mass is 10.2. The highest BCUT2D eigenvalue weighted by atomic mass is 79.9. The molecular formula is C16H12BrClN2O. The predicted molar refractivity (Wildman–Crippen MR) is 90.1 cm³/mol. The third kappa shape index (κ3) is 2.82. The maximum atomic E-state index is 12.3. The molecule has 0 spiro atoms. The molecule has 0 saturated heterocycles. The minimum Gasteiger partial charge on any atom is -0.349 e. The molecule has 0 bridgehead atoms. The number of nitrogens with one attached hydrogen (secondary N) is 2. The normalized spacial score (nSPS) is 10.8. The van der Waals surface area contributed by atoms with Gasteiger partial charge in [-0.15, -0.1) is 0 Å². The van der Waals surface area contributed by atoms with Crippen LogP contribution in [0.5, 0.6) is 0 Å². The van der Waals surface area contributed by atoms with Gasteiger partial charge in [-0.25, -0.2) is 0 Å². The first-order valence-electron chi connectivity index (χ1n) is 6.39. The fraction of sp³-hybridized carbons (Fsp3) is 0.0625. The molecular weight excluding hydrogens is 352 g/mol. The molecule has 0 unspecified atom stereocenters. The minimum atomic E-state index is -0.202. The maximum Gasteiger partial charge on any atom is 0.272 e. The van der Waals surface area contributed by atoms with Crippen molar-refractivity contribution in [3.05, 3.63) is 63.2 Å². The molecule has 0 atom stereocenters. The number of aromatic nitrogens is 1. The van der Waals surface area contributed by atoms with E-state index in [0.29, 0.717) is 10.7 Å². The summed E-state index contributed by atoms with van der Waals surface area (Å²) in [4.78, 5) is 15.4. The number of carbonyl (C=O) groups is 1. The lowest BCUT2D eigenvalue weighted by Crippen LogP contribution is -2.12. The van der Waals surface area contributed by atoms with Crippen molar-refractivity contribution < 1.29 is 4.79 Å². The smallest absolute Gasteiger partial charge is 0.272 e. The first kappa shape index (κ1) is 14.2. The Balaban J connectivity index is 1.92. The Labute approximate surface area is 135 Å². The Hall–Kier alpha value is -1.78.